The van der Waals surface area contributed by atoms with Crippen LogP contribution in [0.2, 0.25) is 0 Å². The lowest BCUT2D eigenvalue weighted by molar-refractivity contribution is 0.103. The molecule has 0 aliphatic carbocycles. The number of benzene rings is 3. The molecular formula is C25H24N2O3. The summed E-state index contributed by atoms with van der Waals surface area (Å²) in [4.78, 5) is 18.0. The molecule has 5 heteroatoms. The van der Waals surface area contributed by atoms with Crippen molar-refractivity contribution in [3.8, 4) is 5.75 Å². The van der Waals surface area contributed by atoms with Crippen LogP contribution in [-0.4, -0.2) is 53.9 Å². The van der Waals surface area contributed by atoms with E-state index in [0.717, 1.165) is 42.5 Å². The molecule has 3 aromatic carbocycles. The van der Waals surface area contributed by atoms with E-state index in [1.165, 1.54) is 6.26 Å². The van der Waals surface area contributed by atoms with E-state index in [2.05, 4.69) is 16.8 Å². The molecule has 30 heavy (non-hydrogen) atoms. The zero-order valence-corrected chi connectivity index (χ0v) is 17.0. The molecule has 2 heterocycles. The molecule has 1 aliphatic rings. The topological polar surface area (TPSA) is 56.9 Å². The Morgan fingerprint density at radius 3 is 2.57 bits per heavy atom. The van der Waals surface area contributed by atoms with Crippen LogP contribution in [0.25, 0.3) is 21.7 Å². The van der Waals surface area contributed by atoms with Crippen molar-refractivity contribution in [3.63, 3.8) is 0 Å². The molecule has 152 valence electrons. The minimum Gasteiger partial charge on any atom is -0.508 e. The molecule has 1 aromatic heterocycles. The van der Waals surface area contributed by atoms with Gasteiger partial charge >= 0.3 is 0 Å². The van der Waals surface area contributed by atoms with Gasteiger partial charge in [-0.25, -0.2) is 0 Å². The maximum atomic E-state index is 13.4. The van der Waals surface area contributed by atoms with Crippen LogP contribution in [0.1, 0.15) is 21.5 Å². The highest BCUT2D eigenvalue weighted by molar-refractivity contribution is 6.17. The first kappa shape index (κ1) is 18.9. The number of hydrogen-bond donors (Lipinski definition) is 1. The number of aromatic hydroxyl groups is 1. The summed E-state index contributed by atoms with van der Waals surface area (Å²) in [5, 5.41) is 13.5. The Morgan fingerprint density at radius 1 is 1.00 bits per heavy atom. The molecule has 0 bridgehead atoms. The van der Waals surface area contributed by atoms with Crippen LogP contribution < -0.4 is 0 Å². The number of piperazine rings is 1. The van der Waals surface area contributed by atoms with Crippen LogP contribution in [0.15, 0.2) is 65.3 Å². The Balaban J connectivity index is 1.55. The first-order valence-electron chi connectivity index (χ1n) is 10.3. The van der Waals surface area contributed by atoms with Crippen molar-refractivity contribution in [2.24, 2.45) is 0 Å². The van der Waals surface area contributed by atoms with Gasteiger partial charge in [-0.1, -0.05) is 36.4 Å². The van der Waals surface area contributed by atoms with Crippen molar-refractivity contribution in [2.45, 2.75) is 6.54 Å². The van der Waals surface area contributed by atoms with Crippen LogP contribution in [0, 0.1) is 0 Å². The van der Waals surface area contributed by atoms with E-state index in [9.17, 15) is 9.90 Å². The molecule has 0 radical (unpaired) electrons. The third-order valence-electron chi connectivity index (χ3n) is 6.06. The van der Waals surface area contributed by atoms with Gasteiger partial charge in [0.2, 0.25) is 0 Å². The number of likely N-dealkylation sites (N-methyl/N-ethyl adjacent to an activating group) is 1. The zero-order chi connectivity index (χ0) is 20.7. The number of furan rings is 1. The van der Waals surface area contributed by atoms with Crippen LogP contribution in [-0.2, 0) is 6.54 Å². The molecule has 1 saturated heterocycles. The van der Waals surface area contributed by atoms with Crippen LogP contribution in [0.3, 0.4) is 0 Å². The van der Waals surface area contributed by atoms with Crippen LogP contribution in [0.4, 0.5) is 0 Å². The van der Waals surface area contributed by atoms with E-state index in [1.807, 2.05) is 42.5 Å². The molecule has 0 spiro atoms. The first-order valence-corrected chi connectivity index (χ1v) is 10.3. The van der Waals surface area contributed by atoms with Gasteiger partial charge in [-0.2, -0.15) is 0 Å². The largest absolute Gasteiger partial charge is 0.508 e. The average Bonchev–Trinajstić information content (AvgIpc) is 3.20. The molecular weight excluding hydrogens is 376 g/mol. The minimum atomic E-state index is -0.0928. The number of rotatable bonds is 4. The number of ketones is 1. The second kappa shape index (κ2) is 7.59. The Labute approximate surface area is 175 Å². The summed E-state index contributed by atoms with van der Waals surface area (Å²) in [6, 6.07) is 17.1. The van der Waals surface area contributed by atoms with Crippen LogP contribution in [0.5, 0.6) is 5.75 Å². The molecule has 0 atom stereocenters. The number of nitrogens with zero attached hydrogens (tertiary/aromatic N) is 2. The molecule has 1 aliphatic heterocycles. The van der Waals surface area contributed by atoms with Gasteiger partial charge in [0.1, 0.15) is 17.6 Å². The maximum absolute atomic E-state index is 13.4. The summed E-state index contributed by atoms with van der Waals surface area (Å²) in [6.07, 6.45) is 1.52. The smallest absolute Gasteiger partial charge is 0.196 e. The van der Waals surface area contributed by atoms with E-state index in [4.69, 9.17) is 4.42 Å². The fraction of sp³-hybridized carbons (Fsp3) is 0.240. The lowest BCUT2D eigenvalue weighted by Gasteiger charge is -2.32. The van der Waals surface area contributed by atoms with Gasteiger partial charge in [0.05, 0.1) is 5.56 Å². The Kier molecular flexibility index (Phi) is 4.77. The number of carbonyl (C=O) groups is 1. The molecule has 5 rings (SSSR count). The monoisotopic (exact) mass is 400 g/mol. The van der Waals surface area contributed by atoms with Crippen molar-refractivity contribution >= 4 is 27.5 Å². The highest BCUT2D eigenvalue weighted by Gasteiger charge is 2.23. The van der Waals surface area contributed by atoms with Crippen molar-refractivity contribution in [3.05, 3.63) is 77.6 Å². The number of carbonyl (C=O) groups excluding carboxylic acids is 1. The average molecular weight is 400 g/mol. The lowest BCUT2D eigenvalue weighted by atomic mass is 9.97. The van der Waals surface area contributed by atoms with Gasteiger partial charge in [-0.3, -0.25) is 9.69 Å². The lowest BCUT2D eigenvalue weighted by Crippen LogP contribution is -2.43. The standard InChI is InChI=1S/C25H24N2O3/c1-26-10-12-27(13-11-26)15-20-22(28)8-9-23-24(20)21(16-30-23)25(29)19-7-6-17-4-2-3-5-18(17)14-19/h2-9,14,16,28H,10-13,15H2,1H3. The minimum absolute atomic E-state index is 0.0928. The van der Waals surface area contributed by atoms with Crippen LogP contribution >= 0.6 is 0 Å². The van der Waals surface area contributed by atoms with Gasteiger partial charge in [-0.15, -0.1) is 0 Å². The maximum Gasteiger partial charge on any atom is 0.196 e. The quantitative estimate of drug-likeness (QED) is 0.519. The number of phenols is 1. The molecule has 0 unspecified atom stereocenters. The van der Waals surface area contributed by atoms with Gasteiger partial charge in [-0.05, 0) is 36.0 Å². The molecule has 0 amide bonds. The van der Waals surface area contributed by atoms with Gasteiger partial charge < -0.3 is 14.4 Å². The SMILES string of the molecule is CN1CCN(Cc2c(O)ccc3occ(C(=O)c4ccc5ccccc5c4)c23)CC1. The third kappa shape index (κ3) is 3.36. The second-order valence-corrected chi connectivity index (χ2v) is 8.06. The predicted octanol–water partition coefficient (Wildman–Crippen LogP) is 4.27. The normalized spacial score (nSPS) is 15.8. The Morgan fingerprint density at radius 2 is 1.77 bits per heavy atom. The highest BCUT2D eigenvalue weighted by atomic mass is 16.3. The van der Waals surface area contributed by atoms with E-state index in [1.54, 1.807) is 12.1 Å². The summed E-state index contributed by atoms with van der Waals surface area (Å²) in [5.74, 6) is 0.111. The van der Waals surface area contributed by atoms with Gasteiger partial charge in [0.15, 0.2) is 5.78 Å². The number of hydrogen-bond acceptors (Lipinski definition) is 5. The zero-order valence-electron chi connectivity index (χ0n) is 17.0. The van der Waals surface area contributed by atoms with E-state index in [0.29, 0.717) is 28.6 Å². The number of phenolic OH excluding ortho intramolecular Hbond substituents is 1. The fourth-order valence-electron chi connectivity index (χ4n) is 4.23. The summed E-state index contributed by atoms with van der Waals surface area (Å²) >= 11 is 0. The van der Waals surface area contributed by atoms with E-state index < -0.39 is 0 Å². The van der Waals surface area contributed by atoms with E-state index in [-0.39, 0.29) is 11.5 Å². The highest BCUT2D eigenvalue weighted by Crippen LogP contribution is 2.34. The molecule has 1 N–H and O–H groups in total. The molecule has 0 saturated carbocycles. The summed E-state index contributed by atoms with van der Waals surface area (Å²) in [5.41, 5.74) is 2.50. The predicted molar refractivity (Wildman–Crippen MR) is 118 cm³/mol. The van der Waals surface area contributed by atoms with Gasteiger partial charge in [0.25, 0.3) is 0 Å². The Bertz CT molecular complexity index is 1240. The summed E-state index contributed by atoms with van der Waals surface area (Å²) in [7, 11) is 2.12. The molecule has 5 nitrogen and oxygen atoms in total. The van der Waals surface area contributed by atoms with Crippen molar-refractivity contribution in [1.82, 2.24) is 9.80 Å². The van der Waals surface area contributed by atoms with Crippen molar-refractivity contribution in [1.29, 1.82) is 0 Å². The van der Waals surface area contributed by atoms with E-state index >= 15 is 0 Å². The van der Waals surface area contributed by atoms with Crippen molar-refractivity contribution < 1.29 is 14.3 Å². The van der Waals surface area contributed by atoms with Gasteiger partial charge in [0, 0.05) is 49.2 Å². The molecule has 4 aromatic rings. The Hall–Kier alpha value is -3.15. The van der Waals surface area contributed by atoms with Crippen molar-refractivity contribution in [2.75, 3.05) is 33.2 Å². The first-order chi connectivity index (χ1) is 14.6. The second-order valence-electron chi connectivity index (χ2n) is 8.06. The summed E-state index contributed by atoms with van der Waals surface area (Å²) < 4.78 is 5.72. The molecule has 1 fully saturated rings. The third-order valence-corrected chi connectivity index (χ3v) is 6.06. The summed E-state index contributed by atoms with van der Waals surface area (Å²) in [6.45, 7) is 4.43. The fourth-order valence-corrected chi connectivity index (χ4v) is 4.23. The number of fused-ring (bicyclic) bond motifs is 2.